The summed E-state index contributed by atoms with van der Waals surface area (Å²) in [5, 5.41) is 7.74. The molecule has 0 spiro atoms. The highest BCUT2D eigenvalue weighted by Gasteiger charge is 2.29. The lowest BCUT2D eigenvalue weighted by atomic mass is 10.0. The minimum Gasteiger partial charge on any atom is -0.350 e. The minimum atomic E-state index is -0.444. The standard InChI is InChI=1S/C14H22N4O4/c1-9-5-11(19)15-6-12(20)16-7-13(21)17-10-3-2-4-18(8-10)14(9)22/h9-10H,2-8H2,1H3,(H,15,19)(H,16,20)(H,17,21). The van der Waals surface area contributed by atoms with Gasteiger partial charge in [0.2, 0.25) is 23.6 Å². The highest BCUT2D eigenvalue weighted by atomic mass is 16.2. The first-order valence-electron chi connectivity index (χ1n) is 7.57. The monoisotopic (exact) mass is 310 g/mol. The second kappa shape index (κ2) is 7.24. The number of amides is 4. The third kappa shape index (κ3) is 4.44. The van der Waals surface area contributed by atoms with Crippen molar-refractivity contribution in [2.45, 2.75) is 32.2 Å². The zero-order chi connectivity index (χ0) is 16.1. The molecule has 2 aliphatic heterocycles. The molecule has 3 N–H and O–H groups in total. The van der Waals surface area contributed by atoms with Crippen LogP contribution in [0.3, 0.4) is 0 Å². The van der Waals surface area contributed by atoms with Crippen molar-refractivity contribution in [1.82, 2.24) is 20.9 Å². The van der Waals surface area contributed by atoms with Crippen LogP contribution in [0.25, 0.3) is 0 Å². The number of nitrogens with one attached hydrogen (secondary N) is 3. The quantitative estimate of drug-likeness (QED) is 0.499. The maximum atomic E-state index is 12.4. The van der Waals surface area contributed by atoms with Gasteiger partial charge in [0.15, 0.2) is 0 Å². The summed E-state index contributed by atoms with van der Waals surface area (Å²) in [6.45, 7) is 2.48. The molecule has 22 heavy (non-hydrogen) atoms. The van der Waals surface area contributed by atoms with E-state index >= 15 is 0 Å². The zero-order valence-electron chi connectivity index (χ0n) is 12.7. The van der Waals surface area contributed by atoms with E-state index in [0.717, 1.165) is 12.8 Å². The van der Waals surface area contributed by atoms with E-state index in [1.807, 2.05) is 0 Å². The summed E-state index contributed by atoms with van der Waals surface area (Å²) in [7, 11) is 0. The van der Waals surface area contributed by atoms with Gasteiger partial charge in [0, 0.05) is 31.5 Å². The van der Waals surface area contributed by atoms with E-state index < -0.39 is 11.8 Å². The predicted octanol–water partition coefficient (Wildman–Crippen LogP) is -1.63. The Morgan fingerprint density at radius 3 is 2.45 bits per heavy atom. The van der Waals surface area contributed by atoms with Gasteiger partial charge in [-0.1, -0.05) is 6.92 Å². The van der Waals surface area contributed by atoms with Crippen LogP contribution in [0.4, 0.5) is 0 Å². The first kappa shape index (κ1) is 16.3. The highest BCUT2D eigenvalue weighted by Crippen LogP contribution is 2.15. The molecule has 2 aliphatic rings. The topological polar surface area (TPSA) is 108 Å². The maximum Gasteiger partial charge on any atom is 0.239 e. The SMILES string of the molecule is CC1CC(=O)NCC(=O)NCC(=O)NC2CCCN(C2)C1=O. The number of hydrogen-bond donors (Lipinski definition) is 3. The van der Waals surface area contributed by atoms with Crippen LogP contribution in [0.15, 0.2) is 0 Å². The molecule has 0 radical (unpaired) electrons. The first-order chi connectivity index (χ1) is 10.5. The molecular formula is C14H22N4O4. The lowest BCUT2D eigenvalue weighted by molar-refractivity contribution is -0.139. The summed E-state index contributed by atoms with van der Waals surface area (Å²) in [4.78, 5) is 49.1. The lowest BCUT2D eigenvalue weighted by Crippen LogP contribution is -2.53. The van der Waals surface area contributed by atoms with Crippen LogP contribution < -0.4 is 16.0 Å². The molecule has 2 rings (SSSR count). The molecule has 0 aromatic rings. The average Bonchev–Trinajstić information content (AvgIpc) is 2.49. The second-order valence-electron chi connectivity index (χ2n) is 5.85. The lowest BCUT2D eigenvalue weighted by Gasteiger charge is -2.34. The van der Waals surface area contributed by atoms with Crippen molar-refractivity contribution in [2.24, 2.45) is 5.92 Å². The molecule has 122 valence electrons. The molecule has 2 atom stereocenters. The van der Waals surface area contributed by atoms with Crippen molar-refractivity contribution in [2.75, 3.05) is 26.2 Å². The molecule has 2 saturated heterocycles. The van der Waals surface area contributed by atoms with Crippen molar-refractivity contribution < 1.29 is 19.2 Å². The number of nitrogens with zero attached hydrogens (tertiary/aromatic N) is 1. The van der Waals surface area contributed by atoms with Gasteiger partial charge in [-0.2, -0.15) is 0 Å². The van der Waals surface area contributed by atoms with E-state index in [1.54, 1.807) is 11.8 Å². The highest BCUT2D eigenvalue weighted by molar-refractivity contribution is 5.90. The molecule has 8 nitrogen and oxygen atoms in total. The fourth-order valence-electron chi connectivity index (χ4n) is 2.74. The molecule has 2 heterocycles. The molecular weight excluding hydrogens is 288 g/mol. The molecule has 2 bridgehead atoms. The predicted molar refractivity (Wildman–Crippen MR) is 77.5 cm³/mol. The van der Waals surface area contributed by atoms with Crippen molar-refractivity contribution in [3.63, 3.8) is 0 Å². The van der Waals surface area contributed by atoms with Crippen LogP contribution in [0, 0.1) is 5.92 Å². The Labute approximate surface area is 129 Å². The molecule has 0 saturated carbocycles. The maximum absolute atomic E-state index is 12.4. The van der Waals surface area contributed by atoms with Gasteiger partial charge < -0.3 is 20.9 Å². The number of rotatable bonds is 0. The number of carbonyl (C=O) groups excluding carboxylic acids is 4. The van der Waals surface area contributed by atoms with Gasteiger partial charge in [-0.25, -0.2) is 0 Å². The van der Waals surface area contributed by atoms with E-state index in [1.165, 1.54) is 0 Å². The fraction of sp³-hybridized carbons (Fsp3) is 0.714. The molecule has 8 heteroatoms. The number of hydrogen-bond acceptors (Lipinski definition) is 4. The van der Waals surface area contributed by atoms with Crippen LogP contribution in [-0.4, -0.2) is 60.7 Å². The van der Waals surface area contributed by atoms with Crippen LogP contribution in [-0.2, 0) is 19.2 Å². The van der Waals surface area contributed by atoms with E-state index in [-0.39, 0.29) is 43.3 Å². The van der Waals surface area contributed by atoms with Crippen molar-refractivity contribution in [3.05, 3.63) is 0 Å². The Morgan fingerprint density at radius 2 is 1.68 bits per heavy atom. The Balaban J connectivity index is 2.08. The Hall–Kier alpha value is -2.12. The molecule has 2 unspecified atom stereocenters. The van der Waals surface area contributed by atoms with E-state index in [9.17, 15) is 19.2 Å². The Bertz CT molecular complexity index is 479. The van der Waals surface area contributed by atoms with E-state index in [0.29, 0.717) is 13.1 Å². The third-order valence-electron chi connectivity index (χ3n) is 3.90. The molecule has 0 aromatic heterocycles. The van der Waals surface area contributed by atoms with Gasteiger partial charge in [-0.05, 0) is 12.8 Å². The minimum absolute atomic E-state index is 0.0552. The summed E-state index contributed by atoms with van der Waals surface area (Å²) >= 11 is 0. The molecule has 0 aromatic carbocycles. The number of fused-ring (bicyclic) bond motifs is 2. The smallest absolute Gasteiger partial charge is 0.239 e. The third-order valence-corrected chi connectivity index (χ3v) is 3.90. The van der Waals surface area contributed by atoms with Gasteiger partial charge >= 0.3 is 0 Å². The first-order valence-corrected chi connectivity index (χ1v) is 7.57. The number of carbonyl (C=O) groups is 4. The van der Waals surface area contributed by atoms with Gasteiger partial charge in [-0.15, -0.1) is 0 Å². The fourth-order valence-corrected chi connectivity index (χ4v) is 2.74. The second-order valence-corrected chi connectivity index (χ2v) is 5.85. The largest absolute Gasteiger partial charge is 0.350 e. The molecule has 4 amide bonds. The van der Waals surface area contributed by atoms with Crippen LogP contribution in [0.1, 0.15) is 26.2 Å². The summed E-state index contributed by atoms with van der Waals surface area (Å²) < 4.78 is 0. The van der Waals surface area contributed by atoms with Gasteiger partial charge in [0.05, 0.1) is 13.1 Å². The van der Waals surface area contributed by atoms with Gasteiger partial charge in [0.25, 0.3) is 0 Å². The normalized spacial score (nSPS) is 28.3. The van der Waals surface area contributed by atoms with Crippen molar-refractivity contribution in [3.8, 4) is 0 Å². The molecule has 2 fully saturated rings. The average molecular weight is 310 g/mol. The Morgan fingerprint density at radius 1 is 1.00 bits per heavy atom. The van der Waals surface area contributed by atoms with Gasteiger partial charge in [0.1, 0.15) is 0 Å². The summed E-state index contributed by atoms with van der Waals surface area (Å²) in [6, 6.07) is -0.105. The van der Waals surface area contributed by atoms with Crippen LogP contribution in [0.2, 0.25) is 0 Å². The van der Waals surface area contributed by atoms with Gasteiger partial charge in [-0.3, -0.25) is 19.2 Å². The summed E-state index contributed by atoms with van der Waals surface area (Å²) in [5.74, 6) is -1.59. The van der Waals surface area contributed by atoms with Crippen LogP contribution in [0.5, 0.6) is 0 Å². The van der Waals surface area contributed by atoms with E-state index in [2.05, 4.69) is 16.0 Å². The summed E-state index contributed by atoms with van der Waals surface area (Å²) in [5.41, 5.74) is 0. The van der Waals surface area contributed by atoms with E-state index in [4.69, 9.17) is 0 Å². The zero-order valence-corrected chi connectivity index (χ0v) is 12.7. The van der Waals surface area contributed by atoms with Crippen molar-refractivity contribution in [1.29, 1.82) is 0 Å². The number of piperidine rings is 1. The Kier molecular flexibility index (Phi) is 5.35. The van der Waals surface area contributed by atoms with Crippen LogP contribution >= 0.6 is 0 Å². The van der Waals surface area contributed by atoms with Crippen molar-refractivity contribution >= 4 is 23.6 Å². The molecule has 0 aliphatic carbocycles. The summed E-state index contributed by atoms with van der Waals surface area (Å²) in [6.07, 6.45) is 1.67.